The van der Waals surface area contributed by atoms with Crippen molar-refractivity contribution in [3.8, 4) is 11.5 Å². The van der Waals surface area contributed by atoms with Crippen LogP contribution in [0.25, 0.3) is 10.2 Å². The number of aromatic hydroxyl groups is 2. The maximum atomic E-state index is 11.5. The summed E-state index contributed by atoms with van der Waals surface area (Å²) in [5.41, 5.74) is 7.78. The van der Waals surface area contributed by atoms with Crippen LogP contribution >= 0.6 is 23.6 Å². The number of H-pyrrole nitrogens is 1. The van der Waals surface area contributed by atoms with Gasteiger partial charge in [0.25, 0.3) is 0 Å². The van der Waals surface area contributed by atoms with Gasteiger partial charge < -0.3 is 20.9 Å². The maximum absolute atomic E-state index is 11.5. The van der Waals surface area contributed by atoms with Gasteiger partial charge in [0.15, 0.2) is 5.11 Å². The van der Waals surface area contributed by atoms with Gasteiger partial charge in [-0.15, -0.1) is 0 Å². The number of thiocarbonyl (C=S) groups is 1. The van der Waals surface area contributed by atoms with Crippen LogP contribution in [-0.2, 0) is 6.42 Å². The number of hydrogen-bond acceptors (Lipinski definition) is 6. The number of nitrogens with one attached hydrogen (secondary N) is 2. The molecule has 0 unspecified atom stereocenters. The Morgan fingerprint density at radius 3 is 2.69 bits per heavy atom. The number of amidine groups is 1. The summed E-state index contributed by atoms with van der Waals surface area (Å²) in [7, 11) is 0. The Morgan fingerprint density at radius 1 is 1.31 bits per heavy atom. The molecule has 9 heteroatoms. The number of hydrogen-bond donors (Lipinski definition) is 5. The van der Waals surface area contributed by atoms with E-state index in [2.05, 4.69) is 4.98 Å². The summed E-state index contributed by atoms with van der Waals surface area (Å²) in [6.07, 6.45) is 0.530. The first kappa shape index (κ1) is 17.9. The van der Waals surface area contributed by atoms with Gasteiger partial charge in [-0.3, -0.25) is 15.1 Å². The fourth-order valence-corrected chi connectivity index (χ4v) is 3.62. The van der Waals surface area contributed by atoms with Crippen LogP contribution in [0.1, 0.15) is 18.1 Å². The third-order valence-electron chi connectivity index (χ3n) is 3.94. The minimum absolute atomic E-state index is 0.0399. The minimum atomic E-state index is -0.252. The predicted molar refractivity (Wildman–Crippen MR) is 108 cm³/mol. The molecule has 3 rings (SSSR count). The number of rotatable bonds is 3. The highest BCUT2D eigenvalue weighted by Crippen LogP contribution is 2.31. The summed E-state index contributed by atoms with van der Waals surface area (Å²) in [5, 5.41) is 28.5. The van der Waals surface area contributed by atoms with Crippen LogP contribution in [-0.4, -0.2) is 26.1 Å². The van der Waals surface area contributed by atoms with E-state index >= 15 is 0 Å². The Bertz CT molecular complexity index is 1090. The highest BCUT2D eigenvalue weighted by Gasteiger charge is 2.21. The van der Waals surface area contributed by atoms with E-state index in [0.29, 0.717) is 27.9 Å². The lowest BCUT2D eigenvalue weighted by molar-refractivity contribution is 0.445. The van der Waals surface area contributed by atoms with E-state index in [4.69, 9.17) is 23.4 Å². The van der Waals surface area contributed by atoms with Gasteiger partial charge in [0, 0.05) is 6.07 Å². The highest BCUT2D eigenvalue weighted by atomic mass is 32.1. The van der Waals surface area contributed by atoms with Crippen LogP contribution in [0.5, 0.6) is 11.5 Å². The lowest BCUT2D eigenvalue weighted by atomic mass is 10.0. The standard InChI is InChI=1S/C17H16N4O3S2/c1-2-8-5-10(13(23)7-12(8)22)15(18)21(16(19)25)9-3-4-11-14(6-9)26-17(24)20-11/h3-7,18,22-23H,2H2,1H3,(H2,19,25)(H,20,24). The topological polar surface area (TPSA) is 126 Å². The summed E-state index contributed by atoms with van der Waals surface area (Å²) in [5.74, 6) is -0.424. The van der Waals surface area contributed by atoms with E-state index in [1.807, 2.05) is 6.92 Å². The molecule has 0 saturated heterocycles. The Labute approximate surface area is 157 Å². The van der Waals surface area contributed by atoms with Gasteiger partial charge in [-0.25, -0.2) is 0 Å². The molecule has 0 amide bonds. The minimum Gasteiger partial charge on any atom is -0.508 e. The lowest BCUT2D eigenvalue weighted by Crippen LogP contribution is -2.40. The summed E-state index contributed by atoms with van der Waals surface area (Å²) in [6.45, 7) is 1.85. The number of aryl methyl sites for hydroxylation is 1. The second kappa shape index (κ2) is 6.77. The number of fused-ring (bicyclic) bond motifs is 1. The molecule has 3 aromatic rings. The van der Waals surface area contributed by atoms with Crippen molar-refractivity contribution in [3.63, 3.8) is 0 Å². The SMILES string of the molecule is CCc1cc(C(=N)N(C(N)=S)c2ccc3[nH]c(=O)sc3c2)c(O)cc1O. The van der Waals surface area contributed by atoms with Crippen LogP contribution < -0.4 is 15.5 Å². The summed E-state index contributed by atoms with van der Waals surface area (Å²) in [6, 6.07) is 7.81. The molecular weight excluding hydrogens is 372 g/mol. The fraction of sp³-hybridized carbons (Fsp3) is 0.118. The van der Waals surface area contributed by atoms with E-state index < -0.39 is 0 Å². The molecule has 0 aliphatic carbocycles. The van der Waals surface area contributed by atoms with Gasteiger partial charge in [0.2, 0.25) is 0 Å². The number of phenolic OH excluding ortho intramolecular Hbond substituents is 2. The van der Waals surface area contributed by atoms with Crippen molar-refractivity contribution in [2.45, 2.75) is 13.3 Å². The van der Waals surface area contributed by atoms with Crippen LogP contribution in [0.4, 0.5) is 5.69 Å². The van der Waals surface area contributed by atoms with Gasteiger partial charge in [-0.2, -0.15) is 0 Å². The second-order valence-corrected chi connectivity index (χ2v) is 7.00. The number of anilines is 1. The first-order valence-corrected chi connectivity index (χ1v) is 8.90. The monoisotopic (exact) mass is 388 g/mol. The zero-order chi connectivity index (χ0) is 19.0. The molecule has 2 aromatic carbocycles. The third kappa shape index (κ3) is 3.14. The van der Waals surface area contributed by atoms with E-state index in [1.54, 1.807) is 18.2 Å². The van der Waals surface area contributed by atoms with E-state index in [0.717, 1.165) is 11.3 Å². The number of aromatic nitrogens is 1. The molecule has 0 aliphatic rings. The first-order chi connectivity index (χ1) is 12.3. The van der Waals surface area contributed by atoms with Crippen molar-refractivity contribution in [3.05, 3.63) is 51.1 Å². The van der Waals surface area contributed by atoms with E-state index in [9.17, 15) is 15.0 Å². The molecule has 1 aromatic heterocycles. The van der Waals surface area contributed by atoms with Crippen LogP contribution in [0.15, 0.2) is 35.1 Å². The molecule has 6 N–H and O–H groups in total. The van der Waals surface area contributed by atoms with Gasteiger partial charge in [0.1, 0.15) is 17.3 Å². The quantitative estimate of drug-likeness (QED) is 0.267. The molecule has 0 saturated carbocycles. The van der Waals surface area contributed by atoms with E-state index in [1.165, 1.54) is 17.0 Å². The molecule has 0 fully saturated rings. The van der Waals surface area contributed by atoms with Gasteiger partial charge in [-0.1, -0.05) is 18.3 Å². The fourth-order valence-electron chi connectivity index (χ4n) is 2.66. The Hall–Kier alpha value is -2.91. The normalized spacial score (nSPS) is 10.8. The van der Waals surface area contributed by atoms with Crippen molar-refractivity contribution in [1.82, 2.24) is 4.98 Å². The van der Waals surface area contributed by atoms with Crippen molar-refractivity contribution in [1.29, 1.82) is 5.41 Å². The summed E-state index contributed by atoms with van der Waals surface area (Å²) >= 11 is 6.14. The second-order valence-electron chi connectivity index (χ2n) is 5.57. The van der Waals surface area contributed by atoms with Crippen molar-refractivity contribution >= 4 is 50.4 Å². The molecule has 0 spiro atoms. The molecule has 7 nitrogen and oxygen atoms in total. The zero-order valence-electron chi connectivity index (χ0n) is 13.7. The number of aromatic amines is 1. The predicted octanol–water partition coefficient (Wildman–Crippen LogP) is 2.64. The van der Waals surface area contributed by atoms with Crippen molar-refractivity contribution < 1.29 is 10.2 Å². The zero-order valence-corrected chi connectivity index (χ0v) is 15.4. The third-order valence-corrected chi connectivity index (χ3v) is 4.97. The number of benzene rings is 2. The molecule has 0 aliphatic heterocycles. The largest absolute Gasteiger partial charge is 0.508 e. The average molecular weight is 388 g/mol. The average Bonchev–Trinajstić information content (AvgIpc) is 2.94. The summed E-state index contributed by atoms with van der Waals surface area (Å²) < 4.78 is 0.700. The molecule has 26 heavy (non-hydrogen) atoms. The molecular formula is C17H16N4O3S2. The Kier molecular flexibility index (Phi) is 4.66. The van der Waals surface area contributed by atoms with Crippen molar-refractivity contribution in [2.24, 2.45) is 5.73 Å². The smallest absolute Gasteiger partial charge is 0.305 e. The Balaban J connectivity index is 2.11. The number of nitrogens with two attached hydrogens (primary N) is 1. The van der Waals surface area contributed by atoms with Gasteiger partial charge >= 0.3 is 4.87 Å². The number of thiazole rings is 1. The highest BCUT2D eigenvalue weighted by molar-refractivity contribution is 7.80. The number of phenols is 2. The van der Waals surface area contributed by atoms with Crippen LogP contribution in [0, 0.1) is 5.41 Å². The van der Waals surface area contributed by atoms with Gasteiger partial charge in [-0.05, 0) is 48.5 Å². The molecule has 134 valence electrons. The molecule has 0 radical (unpaired) electrons. The van der Waals surface area contributed by atoms with Crippen molar-refractivity contribution in [2.75, 3.05) is 4.90 Å². The maximum Gasteiger partial charge on any atom is 0.305 e. The first-order valence-electron chi connectivity index (χ1n) is 7.68. The molecule has 0 atom stereocenters. The summed E-state index contributed by atoms with van der Waals surface area (Å²) in [4.78, 5) is 15.3. The molecule has 1 heterocycles. The van der Waals surface area contributed by atoms with E-state index in [-0.39, 0.29) is 32.9 Å². The Morgan fingerprint density at radius 2 is 2.04 bits per heavy atom. The van der Waals surface area contributed by atoms with Crippen LogP contribution in [0.2, 0.25) is 0 Å². The van der Waals surface area contributed by atoms with Crippen LogP contribution in [0.3, 0.4) is 0 Å². The lowest BCUT2D eigenvalue weighted by Gasteiger charge is -2.24. The van der Waals surface area contributed by atoms with Gasteiger partial charge in [0.05, 0.1) is 21.5 Å². The number of nitrogens with zero attached hydrogens (tertiary/aromatic N) is 1. The molecule has 0 bridgehead atoms.